The Labute approximate surface area is 115 Å². The Morgan fingerprint density at radius 2 is 2.00 bits per heavy atom. The van der Waals surface area contributed by atoms with Crippen LogP contribution in [-0.4, -0.2) is 11.2 Å². The zero-order valence-electron chi connectivity index (χ0n) is 11.2. The molecule has 1 fully saturated rings. The highest BCUT2D eigenvalue weighted by Crippen LogP contribution is 2.29. The zero-order chi connectivity index (χ0) is 13.0. The summed E-state index contributed by atoms with van der Waals surface area (Å²) in [7, 11) is 0. The quantitative estimate of drug-likeness (QED) is 0.849. The molecule has 0 amide bonds. The molecular weight excluding hydrogens is 244 g/mol. The molecule has 1 atom stereocenters. The minimum Gasteiger partial charge on any atom is -0.393 e. The summed E-state index contributed by atoms with van der Waals surface area (Å²) in [6.45, 7) is 2.04. The van der Waals surface area contributed by atoms with Crippen molar-refractivity contribution in [1.29, 1.82) is 0 Å². The lowest BCUT2D eigenvalue weighted by Crippen LogP contribution is -2.18. The summed E-state index contributed by atoms with van der Waals surface area (Å²) in [5, 5.41) is 11.0. The van der Waals surface area contributed by atoms with Gasteiger partial charge < -0.3 is 5.11 Å². The van der Waals surface area contributed by atoms with Crippen LogP contribution in [0.3, 0.4) is 0 Å². The molecule has 1 saturated carbocycles. The van der Waals surface area contributed by atoms with Crippen molar-refractivity contribution in [3.63, 3.8) is 0 Å². The third kappa shape index (κ3) is 4.00. The molecule has 18 heavy (non-hydrogen) atoms. The Morgan fingerprint density at radius 1 is 1.28 bits per heavy atom. The highest BCUT2D eigenvalue weighted by molar-refractivity contribution is 6.31. The molecule has 0 spiro atoms. The van der Waals surface area contributed by atoms with Crippen LogP contribution >= 0.6 is 11.6 Å². The van der Waals surface area contributed by atoms with Crippen LogP contribution < -0.4 is 0 Å². The minimum absolute atomic E-state index is 0.242. The molecule has 0 heterocycles. The third-order valence-corrected chi connectivity index (χ3v) is 4.35. The molecular formula is C16H23ClO. The Bertz CT molecular complexity index is 383. The average Bonchev–Trinajstić information content (AvgIpc) is 2.34. The lowest BCUT2D eigenvalue weighted by Gasteiger charge is -2.24. The summed E-state index contributed by atoms with van der Waals surface area (Å²) in [6, 6.07) is 6.08. The number of aryl methyl sites for hydroxylation is 1. The van der Waals surface area contributed by atoms with Crippen LogP contribution in [0.4, 0.5) is 0 Å². The number of hydrogen-bond acceptors (Lipinski definition) is 1. The molecule has 2 heteroatoms. The topological polar surface area (TPSA) is 20.2 Å². The Morgan fingerprint density at radius 3 is 2.67 bits per heavy atom. The maximum atomic E-state index is 10.2. The molecule has 1 unspecified atom stereocenters. The molecule has 1 aliphatic carbocycles. The first-order chi connectivity index (χ1) is 8.65. The maximum Gasteiger partial charge on any atom is 0.0583 e. The highest BCUT2D eigenvalue weighted by Gasteiger charge is 2.18. The summed E-state index contributed by atoms with van der Waals surface area (Å²) >= 11 is 6.21. The van der Waals surface area contributed by atoms with E-state index in [2.05, 4.69) is 6.07 Å². The molecule has 1 aromatic rings. The Kier molecular flexibility index (Phi) is 5.08. The van der Waals surface area contributed by atoms with E-state index in [4.69, 9.17) is 11.6 Å². The Balaban J connectivity index is 1.87. The van der Waals surface area contributed by atoms with Gasteiger partial charge in [0, 0.05) is 5.02 Å². The van der Waals surface area contributed by atoms with Gasteiger partial charge in [0.2, 0.25) is 0 Å². The minimum atomic E-state index is -0.242. The number of aliphatic hydroxyl groups excluding tert-OH is 1. The summed E-state index contributed by atoms with van der Waals surface area (Å²) in [5.41, 5.74) is 2.25. The summed E-state index contributed by atoms with van der Waals surface area (Å²) < 4.78 is 0. The smallest absolute Gasteiger partial charge is 0.0583 e. The van der Waals surface area contributed by atoms with Crippen molar-refractivity contribution >= 4 is 11.6 Å². The molecule has 1 nitrogen and oxygen atoms in total. The first-order valence-corrected chi connectivity index (χ1v) is 7.46. The van der Waals surface area contributed by atoms with E-state index in [0.717, 1.165) is 22.9 Å². The zero-order valence-corrected chi connectivity index (χ0v) is 11.9. The van der Waals surface area contributed by atoms with Gasteiger partial charge in [-0.25, -0.2) is 0 Å². The monoisotopic (exact) mass is 266 g/mol. The standard InChI is InChI=1S/C16H23ClO/c1-12-7-8-14(16(17)9-12)11-15(18)10-13-5-3-2-4-6-13/h7-9,13,15,18H,2-6,10-11H2,1H3. The van der Waals surface area contributed by atoms with E-state index in [0.29, 0.717) is 6.42 Å². The first-order valence-electron chi connectivity index (χ1n) is 7.08. The molecule has 100 valence electrons. The van der Waals surface area contributed by atoms with Crippen LogP contribution in [0.25, 0.3) is 0 Å². The van der Waals surface area contributed by atoms with Crippen molar-refractivity contribution in [2.75, 3.05) is 0 Å². The molecule has 0 aromatic heterocycles. The second-order valence-electron chi connectivity index (χ2n) is 5.69. The Hall–Kier alpha value is -0.530. The molecule has 0 bridgehead atoms. The number of hydrogen-bond donors (Lipinski definition) is 1. The third-order valence-electron chi connectivity index (χ3n) is 3.99. The molecule has 2 rings (SSSR count). The van der Waals surface area contributed by atoms with Crippen LogP contribution in [0.1, 0.15) is 49.7 Å². The second-order valence-corrected chi connectivity index (χ2v) is 6.10. The largest absolute Gasteiger partial charge is 0.393 e. The van der Waals surface area contributed by atoms with Gasteiger partial charge in [-0.05, 0) is 42.9 Å². The van der Waals surface area contributed by atoms with Gasteiger partial charge in [-0.1, -0.05) is 55.8 Å². The second kappa shape index (κ2) is 6.58. The van der Waals surface area contributed by atoms with Crippen molar-refractivity contribution < 1.29 is 5.11 Å². The lowest BCUT2D eigenvalue weighted by atomic mass is 9.84. The molecule has 1 aromatic carbocycles. The fraction of sp³-hybridized carbons (Fsp3) is 0.625. The van der Waals surface area contributed by atoms with Gasteiger partial charge in [-0.3, -0.25) is 0 Å². The van der Waals surface area contributed by atoms with E-state index >= 15 is 0 Å². The SMILES string of the molecule is Cc1ccc(CC(O)CC2CCCCC2)c(Cl)c1. The number of benzene rings is 1. The fourth-order valence-electron chi connectivity index (χ4n) is 2.96. The van der Waals surface area contributed by atoms with Gasteiger partial charge in [-0.15, -0.1) is 0 Å². The first kappa shape index (κ1) is 13.9. The average molecular weight is 267 g/mol. The molecule has 0 radical (unpaired) electrons. The maximum absolute atomic E-state index is 10.2. The highest BCUT2D eigenvalue weighted by atomic mass is 35.5. The predicted molar refractivity (Wildman–Crippen MR) is 77.1 cm³/mol. The van der Waals surface area contributed by atoms with Gasteiger partial charge in [0.05, 0.1) is 6.10 Å². The van der Waals surface area contributed by atoms with Crippen molar-refractivity contribution in [3.8, 4) is 0 Å². The van der Waals surface area contributed by atoms with Crippen molar-refractivity contribution in [1.82, 2.24) is 0 Å². The van der Waals surface area contributed by atoms with E-state index in [1.54, 1.807) is 0 Å². The van der Waals surface area contributed by atoms with E-state index < -0.39 is 0 Å². The molecule has 0 aliphatic heterocycles. The van der Waals surface area contributed by atoms with Gasteiger partial charge >= 0.3 is 0 Å². The summed E-state index contributed by atoms with van der Waals surface area (Å²) in [5.74, 6) is 0.720. The van der Waals surface area contributed by atoms with E-state index in [1.165, 1.54) is 37.7 Å². The summed E-state index contributed by atoms with van der Waals surface area (Å²) in [4.78, 5) is 0. The lowest BCUT2D eigenvalue weighted by molar-refractivity contribution is 0.130. The number of rotatable bonds is 4. The van der Waals surface area contributed by atoms with Gasteiger partial charge in [0.25, 0.3) is 0 Å². The molecule has 1 aliphatic rings. The van der Waals surface area contributed by atoms with Gasteiger partial charge in [0.1, 0.15) is 0 Å². The molecule has 0 saturated heterocycles. The normalized spacial score (nSPS) is 18.8. The van der Waals surface area contributed by atoms with Gasteiger partial charge in [-0.2, -0.15) is 0 Å². The van der Waals surface area contributed by atoms with Crippen molar-refractivity contribution in [3.05, 3.63) is 34.3 Å². The van der Waals surface area contributed by atoms with Crippen LogP contribution in [0.2, 0.25) is 5.02 Å². The van der Waals surface area contributed by atoms with Crippen molar-refractivity contribution in [2.24, 2.45) is 5.92 Å². The van der Waals surface area contributed by atoms with Gasteiger partial charge in [0.15, 0.2) is 0 Å². The van der Waals surface area contributed by atoms with Crippen LogP contribution in [-0.2, 0) is 6.42 Å². The van der Waals surface area contributed by atoms with E-state index in [9.17, 15) is 5.11 Å². The summed E-state index contributed by atoms with van der Waals surface area (Å²) in [6.07, 6.45) is 8.01. The van der Waals surface area contributed by atoms with Crippen LogP contribution in [0.5, 0.6) is 0 Å². The molecule has 1 N–H and O–H groups in total. The van der Waals surface area contributed by atoms with E-state index in [1.807, 2.05) is 19.1 Å². The number of aliphatic hydroxyl groups is 1. The fourth-order valence-corrected chi connectivity index (χ4v) is 3.27. The predicted octanol–water partition coefficient (Wildman–Crippen LogP) is 4.52. The van der Waals surface area contributed by atoms with E-state index in [-0.39, 0.29) is 6.10 Å². The van der Waals surface area contributed by atoms with Crippen LogP contribution in [0, 0.1) is 12.8 Å². The van der Waals surface area contributed by atoms with Crippen LogP contribution in [0.15, 0.2) is 18.2 Å². The number of halogens is 1. The van der Waals surface area contributed by atoms with Crippen molar-refractivity contribution in [2.45, 2.75) is 58.0 Å².